The zero-order valence-electron chi connectivity index (χ0n) is 18.8. The third-order valence-electron chi connectivity index (χ3n) is 5.06. The molecule has 0 spiro atoms. The maximum absolute atomic E-state index is 12.9. The van der Waals surface area contributed by atoms with E-state index in [0.29, 0.717) is 20.1 Å². The van der Waals surface area contributed by atoms with Gasteiger partial charge in [-0.3, -0.25) is 9.52 Å². The highest BCUT2D eigenvalue weighted by atomic mass is 35.5. The van der Waals surface area contributed by atoms with Crippen molar-refractivity contribution >= 4 is 60.7 Å². The van der Waals surface area contributed by atoms with Gasteiger partial charge in [0.2, 0.25) is 0 Å². The summed E-state index contributed by atoms with van der Waals surface area (Å²) in [4.78, 5) is 29.4. The number of methoxy groups -OCH3 is 1. The van der Waals surface area contributed by atoms with Crippen LogP contribution in [0.15, 0.2) is 76.6 Å². The molecule has 0 saturated carbocycles. The number of anilines is 1. The molecule has 0 bridgehead atoms. The van der Waals surface area contributed by atoms with Gasteiger partial charge in [-0.2, -0.15) is 4.99 Å². The summed E-state index contributed by atoms with van der Waals surface area (Å²) < 4.78 is 34.7. The van der Waals surface area contributed by atoms with Gasteiger partial charge in [0.1, 0.15) is 0 Å². The fraction of sp³-hybridized carbons (Fsp3) is 0.0800. The van der Waals surface area contributed by atoms with E-state index in [2.05, 4.69) is 15.6 Å². The van der Waals surface area contributed by atoms with Crippen LogP contribution in [0.5, 0.6) is 0 Å². The predicted molar refractivity (Wildman–Crippen MR) is 139 cm³/mol. The highest BCUT2D eigenvalue weighted by Crippen LogP contribution is 2.21. The quantitative estimate of drug-likeness (QED) is 0.290. The minimum atomic E-state index is -3.82. The van der Waals surface area contributed by atoms with Gasteiger partial charge < -0.3 is 9.30 Å². The molecular formula is C25H18ClN3O5S2. The lowest BCUT2D eigenvalue weighted by Crippen LogP contribution is -2.16. The van der Waals surface area contributed by atoms with Gasteiger partial charge in [-0.05, 0) is 66.7 Å². The maximum Gasteiger partial charge on any atom is 0.337 e. The van der Waals surface area contributed by atoms with Gasteiger partial charge in [-0.15, -0.1) is 6.42 Å². The second-order valence-electron chi connectivity index (χ2n) is 7.40. The molecule has 4 rings (SSSR count). The molecule has 1 N–H and O–H groups in total. The molecule has 0 fully saturated rings. The summed E-state index contributed by atoms with van der Waals surface area (Å²) in [7, 11) is -2.52. The van der Waals surface area contributed by atoms with E-state index in [9.17, 15) is 18.0 Å². The van der Waals surface area contributed by atoms with Crippen LogP contribution < -0.4 is 9.52 Å². The third kappa shape index (κ3) is 5.33. The van der Waals surface area contributed by atoms with Crippen LogP contribution >= 0.6 is 22.9 Å². The van der Waals surface area contributed by atoms with Crippen LogP contribution in [0.1, 0.15) is 20.7 Å². The van der Waals surface area contributed by atoms with Gasteiger partial charge in [-0.25, -0.2) is 13.2 Å². The summed E-state index contributed by atoms with van der Waals surface area (Å²) in [6, 6.07) is 16.6. The van der Waals surface area contributed by atoms with Crippen molar-refractivity contribution in [3.63, 3.8) is 0 Å². The topological polar surface area (TPSA) is 107 Å². The van der Waals surface area contributed by atoms with Crippen LogP contribution in [-0.4, -0.2) is 32.0 Å². The first-order valence-electron chi connectivity index (χ1n) is 10.3. The maximum atomic E-state index is 12.9. The van der Waals surface area contributed by atoms with E-state index in [1.807, 2.05) is 0 Å². The number of nitrogens with zero attached hydrogens (tertiary/aromatic N) is 2. The molecule has 0 aliphatic carbocycles. The van der Waals surface area contributed by atoms with Crippen LogP contribution in [0.25, 0.3) is 10.2 Å². The number of carbonyl (C=O) groups is 2. The Morgan fingerprint density at radius 1 is 1.08 bits per heavy atom. The molecule has 0 aliphatic heterocycles. The number of rotatable bonds is 6. The molecular weight excluding hydrogens is 522 g/mol. The average Bonchev–Trinajstić information content (AvgIpc) is 3.20. The van der Waals surface area contributed by atoms with Gasteiger partial charge in [0, 0.05) is 16.3 Å². The lowest BCUT2D eigenvalue weighted by Gasteiger charge is -2.08. The molecule has 4 aromatic rings. The predicted octanol–water partition coefficient (Wildman–Crippen LogP) is 4.32. The molecule has 182 valence electrons. The average molecular weight is 540 g/mol. The SMILES string of the molecule is C#CCn1c(=NC(=O)c2ccc(NS(=O)(=O)c3ccc(Cl)cc3)cc2)sc2cc(C(=O)OC)ccc21. The van der Waals surface area contributed by atoms with Crippen LogP contribution in [-0.2, 0) is 21.3 Å². The second kappa shape index (κ2) is 10.4. The number of aromatic nitrogens is 1. The van der Waals surface area contributed by atoms with E-state index in [1.165, 1.54) is 67.0 Å². The number of ether oxygens (including phenoxy) is 1. The highest BCUT2D eigenvalue weighted by Gasteiger charge is 2.15. The number of benzene rings is 3. The largest absolute Gasteiger partial charge is 0.465 e. The summed E-state index contributed by atoms with van der Waals surface area (Å²) in [6.45, 7) is 0.176. The molecule has 8 nitrogen and oxygen atoms in total. The van der Waals surface area contributed by atoms with Crippen molar-refractivity contribution in [2.45, 2.75) is 11.4 Å². The lowest BCUT2D eigenvalue weighted by atomic mass is 10.2. The van der Waals surface area contributed by atoms with E-state index in [-0.39, 0.29) is 22.7 Å². The Morgan fingerprint density at radius 3 is 2.39 bits per heavy atom. The summed E-state index contributed by atoms with van der Waals surface area (Å²) in [6.07, 6.45) is 5.51. The first-order valence-corrected chi connectivity index (χ1v) is 13.0. The summed E-state index contributed by atoms with van der Waals surface area (Å²) in [5, 5.41) is 0.423. The lowest BCUT2D eigenvalue weighted by molar-refractivity contribution is 0.0600. The Bertz CT molecular complexity index is 1680. The smallest absolute Gasteiger partial charge is 0.337 e. The number of fused-ring (bicyclic) bond motifs is 1. The monoisotopic (exact) mass is 539 g/mol. The van der Waals surface area contributed by atoms with Gasteiger partial charge in [0.25, 0.3) is 15.9 Å². The molecule has 36 heavy (non-hydrogen) atoms. The Morgan fingerprint density at radius 2 is 1.75 bits per heavy atom. The van der Waals surface area contributed by atoms with Crippen molar-refractivity contribution < 1.29 is 22.7 Å². The fourth-order valence-electron chi connectivity index (χ4n) is 3.31. The number of carbonyl (C=O) groups excluding carboxylic acids is 2. The van der Waals surface area contributed by atoms with Crippen LogP contribution in [0, 0.1) is 12.3 Å². The number of thiazole rings is 1. The van der Waals surface area contributed by atoms with Gasteiger partial charge in [0.15, 0.2) is 4.80 Å². The zero-order valence-corrected chi connectivity index (χ0v) is 21.2. The number of hydrogen-bond donors (Lipinski definition) is 1. The minimum absolute atomic E-state index is 0.0558. The molecule has 3 aromatic carbocycles. The van der Waals surface area contributed by atoms with Crippen molar-refractivity contribution in [3.8, 4) is 12.3 Å². The van der Waals surface area contributed by atoms with E-state index in [4.69, 9.17) is 22.8 Å². The summed E-state index contributed by atoms with van der Waals surface area (Å²) >= 11 is 7.03. The van der Waals surface area contributed by atoms with Gasteiger partial charge in [0.05, 0.1) is 34.3 Å². The molecule has 1 amide bonds. The Hall–Kier alpha value is -3.91. The zero-order chi connectivity index (χ0) is 25.9. The van der Waals surface area contributed by atoms with Crippen molar-refractivity contribution in [2.75, 3.05) is 11.8 Å². The standard InChI is InChI=1S/C25H18ClN3O5S2/c1-3-14-29-21-13-6-17(24(31)34-2)15-22(21)35-25(29)27-23(30)16-4-9-19(10-5-16)28-36(32,33)20-11-7-18(26)8-12-20/h1,4-13,15,28H,14H2,2H3. The van der Waals surface area contributed by atoms with E-state index in [1.54, 1.807) is 22.8 Å². The number of terminal acetylenes is 1. The molecule has 1 aromatic heterocycles. The first kappa shape index (κ1) is 25.2. The minimum Gasteiger partial charge on any atom is -0.465 e. The number of esters is 1. The molecule has 11 heteroatoms. The molecule has 0 saturated heterocycles. The number of nitrogens with one attached hydrogen (secondary N) is 1. The summed E-state index contributed by atoms with van der Waals surface area (Å²) in [5.41, 5.74) is 1.63. The first-order chi connectivity index (χ1) is 17.2. The molecule has 0 unspecified atom stereocenters. The number of amides is 1. The van der Waals surface area contributed by atoms with Crippen molar-refractivity contribution in [1.29, 1.82) is 0 Å². The van der Waals surface area contributed by atoms with E-state index >= 15 is 0 Å². The van der Waals surface area contributed by atoms with E-state index < -0.39 is 21.9 Å². The van der Waals surface area contributed by atoms with Crippen molar-refractivity contribution in [1.82, 2.24) is 4.57 Å². The molecule has 1 heterocycles. The Kier molecular flexibility index (Phi) is 7.26. The Labute approximate surface area is 215 Å². The fourth-order valence-corrected chi connectivity index (χ4v) is 5.56. The Balaban J connectivity index is 1.62. The van der Waals surface area contributed by atoms with E-state index in [0.717, 1.165) is 5.52 Å². The van der Waals surface area contributed by atoms with Crippen molar-refractivity contribution in [3.05, 3.63) is 87.7 Å². The molecule has 0 radical (unpaired) electrons. The van der Waals surface area contributed by atoms with Crippen LogP contribution in [0.4, 0.5) is 5.69 Å². The van der Waals surface area contributed by atoms with Crippen molar-refractivity contribution in [2.24, 2.45) is 4.99 Å². The number of sulfonamides is 1. The van der Waals surface area contributed by atoms with Crippen LogP contribution in [0.2, 0.25) is 5.02 Å². The molecule has 0 aliphatic rings. The third-order valence-corrected chi connectivity index (χ3v) is 7.75. The molecule has 0 atom stereocenters. The van der Waals surface area contributed by atoms with Gasteiger partial charge >= 0.3 is 5.97 Å². The normalized spacial score (nSPS) is 11.8. The van der Waals surface area contributed by atoms with Crippen LogP contribution in [0.3, 0.4) is 0 Å². The highest BCUT2D eigenvalue weighted by molar-refractivity contribution is 7.92. The second-order valence-corrected chi connectivity index (χ2v) is 10.5. The summed E-state index contributed by atoms with van der Waals surface area (Å²) in [5.74, 6) is 1.53. The number of hydrogen-bond acceptors (Lipinski definition) is 6. The number of halogens is 1. The van der Waals surface area contributed by atoms with Gasteiger partial charge in [-0.1, -0.05) is 28.9 Å².